The molecule has 1 aliphatic heterocycles. The summed E-state index contributed by atoms with van der Waals surface area (Å²) in [4.78, 5) is 29.4. The third kappa shape index (κ3) is 7.35. The van der Waals surface area contributed by atoms with Gasteiger partial charge in [0.05, 0.1) is 15.7 Å². The second-order valence-corrected chi connectivity index (χ2v) is 10.5. The van der Waals surface area contributed by atoms with E-state index >= 15 is 0 Å². The summed E-state index contributed by atoms with van der Waals surface area (Å²) in [6.45, 7) is 3.67. The van der Waals surface area contributed by atoms with E-state index in [0.29, 0.717) is 29.1 Å². The lowest BCUT2D eigenvalue weighted by Gasteiger charge is -2.37. The fourth-order valence-electron chi connectivity index (χ4n) is 5.11. The SMILES string of the molecule is NC(=O)C(C(=O)Nc1c(Cl)cccc1Cl)N1CCN(CCCCC(c2ccccc2)c2ccccc2)CC1. The zero-order chi connectivity index (χ0) is 26.9. The summed E-state index contributed by atoms with van der Waals surface area (Å²) in [5, 5.41) is 3.30. The number of nitrogens with one attached hydrogen (secondary N) is 1. The van der Waals surface area contributed by atoms with Gasteiger partial charge in [0.15, 0.2) is 6.04 Å². The maximum atomic E-state index is 13.0. The predicted molar refractivity (Wildman–Crippen MR) is 155 cm³/mol. The minimum Gasteiger partial charge on any atom is -0.368 e. The average molecular weight is 554 g/mol. The molecule has 1 fully saturated rings. The van der Waals surface area contributed by atoms with Gasteiger partial charge in [0, 0.05) is 32.1 Å². The van der Waals surface area contributed by atoms with E-state index in [2.05, 4.69) is 70.9 Å². The van der Waals surface area contributed by atoms with Crippen molar-refractivity contribution in [3.63, 3.8) is 0 Å². The number of carbonyl (C=O) groups excluding carboxylic acids is 2. The van der Waals surface area contributed by atoms with E-state index in [1.165, 1.54) is 11.1 Å². The maximum Gasteiger partial charge on any atom is 0.251 e. The first kappa shape index (κ1) is 28.1. The average Bonchev–Trinajstić information content (AvgIpc) is 2.92. The number of unbranched alkanes of at least 4 members (excludes halogenated alkanes) is 1. The number of hydrogen-bond acceptors (Lipinski definition) is 4. The molecule has 0 aromatic heterocycles. The van der Waals surface area contributed by atoms with E-state index < -0.39 is 17.9 Å². The molecule has 2 amide bonds. The molecule has 3 aromatic rings. The third-order valence-electron chi connectivity index (χ3n) is 7.12. The van der Waals surface area contributed by atoms with E-state index in [1.807, 2.05) is 4.90 Å². The van der Waals surface area contributed by atoms with Crippen molar-refractivity contribution in [2.24, 2.45) is 5.73 Å². The Balaban J connectivity index is 1.27. The van der Waals surface area contributed by atoms with Crippen LogP contribution in [0.2, 0.25) is 10.0 Å². The number of primary amides is 1. The van der Waals surface area contributed by atoms with Crippen molar-refractivity contribution in [3.8, 4) is 0 Å². The molecule has 1 heterocycles. The number of nitrogens with two attached hydrogens (primary N) is 1. The Hall–Kier alpha value is -2.90. The number of anilines is 1. The van der Waals surface area contributed by atoms with Crippen LogP contribution in [0, 0.1) is 0 Å². The Morgan fingerprint density at radius 2 is 1.34 bits per heavy atom. The molecule has 0 aliphatic carbocycles. The molecule has 1 atom stereocenters. The molecule has 4 rings (SSSR count). The van der Waals surface area contributed by atoms with Crippen LogP contribution >= 0.6 is 23.2 Å². The first-order valence-electron chi connectivity index (χ1n) is 13.0. The van der Waals surface area contributed by atoms with Crippen molar-refractivity contribution in [1.82, 2.24) is 9.80 Å². The van der Waals surface area contributed by atoms with Gasteiger partial charge in [-0.25, -0.2) is 0 Å². The van der Waals surface area contributed by atoms with Crippen LogP contribution in [0.3, 0.4) is 0 Å². The molecular weight excluding hydrogens is 519 g/mol. The van der Waals surface area contributed by atoms with Crippen molar-refractivity contribution in [3.05, 3.63) is 100 Å². The normalized spacial score (nSPS) is 15.3. The Morgan fingerprint density at radius 3 is 1.87 bits per heavy atom. The van der Waals surface area contributed by atoms with Gasteiger partial charge in [0.1, 0.15) is 0 Å². The summed E-state index contributed by atoms with van der Waals surface area (Å²) < 4.78 is 0. The molecule has 1 aliphatic rings. The maximum absolute atomic E-state index is 13.0. The molecule has 8 heteroatoms. The summed E-state index contributed by atoms with van der Waals surface area (Å²) >= 11 is 12.4. The molecule has 0 saturated carbocycles. The lowest BCUT2D eigenvalue weighted by Crippen LogP contribution is -2.58. The molecule has 3 aromatic carbocycles. The zero-order valence-electron chi connectivity index (χ0n) is 21.4. The Morgan fingerprint density at radius 1 is 0.789 bits per heavy atom. The third-order valence-corrected chi connectivity index (χ3v) is 7.75. The minimum absolute atomic E-state index is 0.287. The molecule has 200 valence electrons. The number of nitrogens with zero attached hydrogens (tertiary/aromatic N) is 2. The van der Waals surface area contributed by atoms with Crippen molar-refractivity contribution in [2.75, 3.05) is 38.0 Å². The van der Waals surface area contributed by atoms with Gasteiger partial charge >= 0.3 is 0 Å². The second-order valence-electron chi connectivity index (χ2n) is 9.64. The highest BCUT2D eigenvalue weighted by molar-refractivity contribution is 6.40. The summed E-state index contributed by atoms with van der Waals surface area (Å²) in [5.41, 5.74) is 8.62. The fourth-order valence-corrected chi connectivity index (χ4v) is 5.60. The molecule has 1 saturated heterocycles. The minimum atomic E-state index is -1.08. The Labute approximate surface area is 234 Å². The number of benzene rings is 3. The molecular formula is C30H34Cl2N4O2. The van der Waals surface area contributed by atoms with Crippen LogP contribution in [0.4, 0.5) is 5.69 Å². The van der Waals surface area contributed by atoms with E-state index in [1.54, 1.807) is 18.2 Å². The second kappa shape index (κ2) is 13.8. The van der Waals surface area contributed by atoms with E-state index in [9.17, 15) is 9.59 Å². The molecule has 1 unspecified atom stereocenters. The number of rotatable bonds is 11. The van der Waals surface area contributed by atoms with Gasteiger partial charge in [-0.15, -0.1) is 0 Å². The number of hydrogen-bond donors (Lipinski definition) is 2. The van der Waals surface area contributed by atoms with Crippen LogP contribution in [0.15, 0.2) is 78.9 Å². The summed E-state index contributed by atoms with van der Waals surface area (Å²) in [5.74, 6) is -0.823. The van der Waals surface area contributed by atoms with E-state index in [0.717, 1.165) is 38.9 Å². The van der Waals surface area contributed by atoms with Crippen molar-refractivity contribution < 1.29 is 9.59 Å². The van der Waals surface area contributed by atoms with Crippen molar-refractivity contribution >= 4 is 40.7 Å². The summed E-state index contributed by atoms with van der Waals surface area (Å²) in [6, 6.07) is 25.2. The molecule has 3 N–H and O–H groups in total. The molecule has 38 heavy (non-hydrogen) atoms. The smallest absolute Gasteiger partial charge is 0.251 e. The van der Waals surface area contributed by atoms with E-state index in [4.69, 9.17) is 28.9 Å². The van der Waals surface area contributed by atoms with Crippen LogP contribution in [-0.4, -0.2) is 60.4 Å². The van der Waals surface area contributed by atoms with Gasteiger partial charge in [-0.05, 0) is 42.6 Å². The predicted octanol–water partition coefficient (Wildman–Crippen LogP) is 5.41. The highest BCUT2D eigenvalue weighted by Crippen LogP contribution is 2.31. The molecule has 0 bridgehead atoms. The lowest BCUT2D eigenvalue weighted by atomic mass is 9.87. The molecule has 0 spiro atoms. The van der Waals surface area contributed by atoms with E-state index in [-0.39, 0.29) is 5.69 Å². The first-order chi connectivity index (χ1) is 18.4. The van der Waals surface area contributed by atoms with Crippen molar-refractivity contribution in [2.45, 2.75) is 31.2 Å². The van der Waals surface area contributed by atoms with Gasteiger partial charge in [-0.3, -0.25) is 14.5 Å². The first-order valence-corrected chi connectivity index (χ1v) is 13.8. The number of para-hydroxylation sites is 1. The van der Waals surface area contributed by atoms with Crippen LogP contribution < -0.4 is 11.1 Å². The van der Waals surface area contributed by atoms with Gasteiger partial charge in [0.2, 0.25) is 5.91 Å². The summed E-state index contributed by atoms with van der Waals surface area (Å²) in [6.07, 6.45) is 3.28. The van der Waals surface area contributed by atoms with Gasteiger partial charge in [-0.2, -0.15) is 0 Å². The van der Waals surface area contributed by atoms with Crippen LogP contribution in [0.5, 0.6) is 0 Å². The van der Waals surface area contributed by atoms with Gasteiger partial charge < -0.3 is 16.0 Å². The van der Waals surface area contributed by atoms with Gasteiger partial charge in [0.25, 0.3) is 5.91 Å². The van der Waals surface area contributed by atoms with Crippen LogP contribution in [0.1, 0.15) is 36.3 Å². The summed E-state index contributed by atoms with van der Waals surface area (Å²) in [7, 11) is 0. The number of carbonyl (C=O) groups is 2. The number of amides is 2. The largest absolute Gasteiger partial charge is 0.368 e. The quantitative estimate of drug-likeness (QED) is 0.246. The van der Waals surface area contributed by atoms with Crippen LogP contribution in [0.25, 0.3) is 0 Å². The van der Waals surface area contributed by atoms with Gasteiger partial charge in [-0.1, -0.05) is 96.4 Å². The lowest BCUT2D eigenvalue weighted by molar-refractivity contribution is -0.133. The Bertz CT molecular complexity index is 1140. The van der Waals surface area contributed by atoms with Crippen molar-refractivity contribution in [1.29, 1.82) is 0 Å². The topological polar surface area (TPSA) is 78.7 Å². The monoisotopic (exact) mass is 552 g/mol. The molecule has 0 radical (unpaired) electrons. The highest BCUT2D eigenvalue weighted by Gasteiger charge is 2.34. The zero-order valence-corrected chi connectivity index (χ0v) is 22.9. The number of piperazine rings is 1. The standard InChI is InChI=1S/C30H34Cl2N4O2/c31-25-15-9-16-26(32)27(25)34-30(38)28(29(33)37)36-20-18-35(19-21-36)17-8-7-14-24(22-10-3-1-4-11-22)23-12-5-2-6-13-23/h1-6,9-13,15-16,24,28H,7-8,14,17-21H2,(H2,33,37)(H,34,38). The fraction of sp³-hybridized carbons (Fsp3) is 0.333. The highest BCUT2D eigenvalue weighted by atomic mass is 35.5. The Kier molecular flexibility index (Phi) is 10.2. The molecule has 6 nitrogen and oxygen atoms in total. The number of halogens is 2. The van der Waals surface area contributed by atoms with Crippen LogP contribution in [-0.2, 0) is 9.59 Å².